The van der Waals surface area contributed by atoms with E-state index in [1.54, 1.807) is 45.0 Å². The molecule has 0 spiro atoms. The van der Waals surface area contributed by atoms with Gasteiger partial charge in [-0.25, -0.2) is 9.97 Å². The van der Waals surface area contributed by atoms with Crippen molar-refractivity contribution in [3.8, 4) is 0 Å². The third-order valence-electron chi connectivity index (χ3n) is 4.95. The number of aliphatic hydroxyl groups is 2. The molecule has 0 aliphatic heterocycles. The van der Waals surface area contributed by atoms with Crippen LogP contribution in [0.5, 0.6) is 0 Å². The molecule has 1 atom stereocenters. The minimum absolute atomic E-state index is 0.118. The van der Waals surface area contributed by atoms with E-state index in [0.717, 1.165) is 0 Å². The van der Waals surface area contributed by atoms with Crippen molar-refractivity contribution in [3.63, 3.8) is 0 Å². The quantitative estimate of drug-likeness (QED) is 0.596. The predicted molar refractivity (Wildman–Crippen MR) is 117 cm³/mol. The molecule has 0 aliphatic carbocycles. The van der Waals surface area contributed by atoms with Gasteiger partial charge in [-0.15, -0.1) is 0 Å². The van der Waals surface area contributed by atoms with Gasteiger partial charge < -0.3 is 10.2 Å². The molecule has 7 heteroatoms. The number of amides is 1. The van der Waals surface area contributed by atoms with Gasteiger partial charge in [0.05, 0.1) is 17.7 Å². The van der Waals surface area contributed by atoms with Gasteiger partial charge in [0.2, 0.25) is 11.9 Å². The third kappa shape index (κ3) is 4.52. The van der Waals surface area contributed by atoms with Gasteiger partial charge in [0, 0.05) is 5.54 Å². The summed E-state index contributed by atoms with van der Waals surface area (Å²) in [5.41, 5.74) is -0.457. The van der Waals surface area contributed by atoms with E-state index in [2.05, 4.69) is 15.3 Å². The van der Waals surface area contributed by atoms with Crippen LogP contribution >= 0.6 is 0 Å². The van der Waals surface area contributed by atoms with Gasteiger partial charge >= 0.3 is 0 Å². The number of benzene rings is 1. The molecule has 1 amide bonds. The van der Waals surface area contributed by atoms with Crippen molar-refractivity contribution in [2.45, 2.75) is 64.7 Å². The Bertz CT molecular complexity index is 1060. The summed E-state index contributed by atoms with van der Waals surface area (Å²) in [6.45, 7) is 10.9. The van der Waals surface area contributed by atoms with Crippen LogP contribution in [0.2, 0.25) is 0 Å². The molecule has 0 radical (unpaired) electrons. The normalized spacial score (nSPS) is 14.5. The standard InChI is InChI=1S/C23H30N4O3/c1-21(2,3)27-19-16(12-13-17(25-19)22(4,5)29)24-20(27)26-18(28)14-23(6,30)15-10-8-7-9-11-15/h7-13,29-30H,14H2,1-6H3,(H,24,26,28). The number of carbonyl (C=O) groups excluding carboxylic acids is 1. The topological polar surface area (TPSA) is 100 Å². The number of hydrogen-bond donors (Lipinski definition) is 3. The maximum absolute atomic E-state index is 12.8. The van der Waals surface area contributed by atoms with Crippen molar-refractivity contribution in [1.29, 1.82) is 0 Å². The number of pyridine rings is 1. The maximum Gasteiger partial charge on any atom is 0.229 e. The van der Waals surface area contributed by atoms with Gasteiger partial charge in [-0.1, -0.05) is 30.3 Å². The van der Waals surface area contributed by atoms with E-state index >= 15 is 0 Å². The lowest BCUT2D eigenvalue weighted by atomic mass is 9.92. The minimum atomic E-state index is -1.31. The first-order valence-electron chi connectivity index (χ1n) is 10.00. The zero-order valence-electron chi connectivity index (χ0n) is 18.4. The number of anilines is 1. The van der Waals surface area contributed by atoms with Crippen molar-refractivity contribution in [2.24, 2.45) is 0 Å². The second-order valence-corrected chi connectivity index (χ2v) is 9.40. The van der Waals surface area contributed by atoms with Gasteiger partial charge in [-0.3, -0.25) is 14.7 Å². The van der Waals surface area contributed by atoms with Crippen molar-refractivity contribution in [2.75, 3.05) is 5.32 Å². The number of nitrogens with one attached hydrogen (secondary N) is 1. The Labute approximate surface area is 176 Å². The summed E-state index contributed by atoms with van der Waals surface area (Å²) in [5, 5.41) is 24.0. The van der Waals surface area contributed by atoms with Gasteiger partial charge in [0.1, 0.15) is 11.1 Å². The van der Waals surface area contributed by atoms with E-state index < -0.39 is 16.7 Å². The number of aromatic nitrogens is 3. The molecule has 2 heterocycles. The Morgan fingerprint density at radius 2 is 1.60 bits per heavy atom. The molecule has 3 aromatic rings. The average molecular weight is 411 g/mol. The smallest absolute Gasteiger partial charge is 0.229 e. The zero-order valence-corrected chi connectivity index (χ0v) is 18.4. The van der Waals surface area contributed by atoms with Crippen molar-refractivity contribution in [3.05, 3.63) is 53.7 Å². The molecule has 7 nitrogen and oxygen atoms in total. The van der Waals surface area contributed by atoms with Gasteiger partial charge in [0.25, 0.3) is 0 Å². The van der Waals surface area contributed by atoms with E-state index in [9.17, 15) is 15.0 Å². The molecule has 0 aliphatic rings. The van der Waals surface area contributed by atoms with Crippen molar-refractivity contribution >= 4 is 23.0 Å². The number of rotatable bonds is 5. The minimum Gasteiger partial charge on any atom is -0.385 e. The van der Waals surface area contributed by atoms with Crippen LogP contribution in [0.4, 0.5) is 5.95 Å². The molecule has 0 fully saturated rings. The van der Waals surface area contributed by atoms with Gasteiger partial charge in [-0.2, -0.15) is 0 Å². The fourth-order valence-electron chi connectivity index (χ4n) is 3.40. The molecular weight excluding hydrogens is 380 g/mol. The van der Waals surface area contributed by atoms with Crippen LogP contribution in [0.3, 0.4) is 0 Å². The Hall–Kier alpha value is -2.77. The predicted octanol–water partition coefficient (Wildman–Crippen LogP) is 3.65. The Balaban J connectivity index is 1.96. The average Bonchev–Trinajstić information content (AvgIpc) is 2.98. The lowest BCUT2D eigenvalue weighted by molar-refractivity contribution is -0.120. The number of carbonyl (C=O) groups is 1. The first-order valence-corrected chi connectivity index (χ1v) is 10.00. The fraction of sp³-hybridized carbons (Fsp3) is 0.435. The van der Waals surface area contributed by atoms with Gasteiger partial charge in [-0.05, 0) is 59.2 Å². The number of nitrogens with zero attached hydrogens (tertiary/aromatic N) is 3. The summed E-state index contributed by atoms with van der Waals surface area (Å²) in [6.07, 6.45) is -0.118. The van der Waals surface area contributed by atoms with E-state index in [0.29, 0.717) is 28.4 Å². The molecular formula is C23H30N4O3. The fourth-order valence-corrected chi connectivity index (χ4v) is 3.40. The van der Waals surface area contributed by atoms with Crippen LogP contribution in [-0.2, 0) is 21.5 Å². The van der Waals surface area contributed by atoms with Crippen LogP contribution in [0.25, 0.3) is 11.2 Å². The highest BCUT2D eigenvalue weighted by molar-refractivity contribution is 5.91. The summed E-state index contributed by atoms with van der Waals surface area (Å²) in [4.78, 5) is 22.0. The Morgan fingerprint density at radius 3 is 2.17 bits per heavy atom. The molecule has 0 saturated carbocycles. The summed E-state index contributed by atoms with van der Waals surface area (Å²) in [5.74, 6) is -0.000807. The van der Waals surface area contributed by atoms with Crippen LogP contribution < -0.4 is 5.32 Å². The molecule has 30 heavy (non-hydrogen) atoms. The van der Waals surface area contributed by atoms with Crippen LogP contribution in [0, 0.1) is 0 Å². The van der Waals surface area contributed by atoms with Crippen molar-refractivity contribution in [1.82, 2.24) is 14.5 Å². The highest BCUT2D eigenvalue weighted by atomic mass is 16.3. The van der Waals surface area contributed by atoms with E-state index in [1.807, 2.05) is 43.5 Å². The molecule has 160 valence electrons. The largest absolute Gasteiger partial charge is 0.385 e. The zero-order chi connectivity index (χ0) is 22.3. The highest BCUT2D eigenvalue weighted by Gasteiger charge is 2.29. The first kappa shape index (κ1) is 21.9. The molecule has 2 aromatic heterocycles. The van der Waals surface area contributed by atoms with Gasteiger partial charge in [0.15, 0.2) is 5.65 Å². The monoisotopic (exact) mass is 410 g/mol. The lowest BCUT2D eigenvalue weighted by Crippen LogP contribution is -2.31. The molecule has 3 N–H and O–H groups in total. The number of imidazole rings is 1. The number of hydrogen-bond acceptors (Lipinski definition) is 5. The SMILES string of the molecule is CC(C)(O)c1ccc2nc(NC(=O)CC(C)(O)c3ccccc3)n(C(C)(C)C)c2n1. The summed E-state index contributed by atoms with van der Waals surface area (Å²) in [7, 11) is 0. The van der Waals surface area contributed by atoms with Crippen LogP contribution in [0.1, 0.15) is 59.2 Å². The second-order valence-electron chi connectivity index (χ2n) is 9.40. The highest BCUT2D eigenvalue weighted by Crippen LogP contribution is 2.30. The summed E-state index contributed by atoms with van der Waals surface area (Å²) >= 11 is 0. The first-order chi connectivity index (χ1) is 13.8. The molecule has 0 bridgehead atoms. The molecule has 0 saturated heterocycles. The van der Waals surface area contributed by atoms with E-state index in [-0.39, 0.29) is 12.3 Å². The van der Waals surface area contributed by atoms with E-state index in [4.69, 9.17) is 0 Å². The Morgan fingerprint density at radius 1 is 0.967 bits per heavy atom. The molecule has 1 unspecified atom stereocenters. The number of fused-ring (bicyclic) bond motifs is 1. The third-order valence-corrected chi connectivity index (χ3v) is 4.95. The van der Waals surface area contributed by atoms with Crippen LogP contribution in [0.15, 0.2) is 42.5 Å². The summed E-state index contributed by atoms with van der Waals surface area (Å²) in [6, 6.07) is 12.6. The Kier molecular flexibility index (Phi) is 5.47. The maximum atomic E-state index is 12.8. The molecule has 1 aromatic carbocycles. The lowest BCUT2D eigenvalue weighted by Gasteiger charge is -2.26. The summed E-state index contributed by atoms with van der Waals surface area (Å²) < 4.78 is 1.84. The van der Waals surface area contributed by atoms with Crippen molar-refractivity contribution < 1.29 is 15.0 Å². The van der Waals surface area contributed by atoms with Crippen LogP contribution in [-0.4, -0.2) is 30.7 Å². The molecule has 3 rings (SSSR count). The second kappa shape index (κ2) is 7.49. The van der Waals surface area contributed by atoms with E-state index in [1.165, 1.54) is 0 Å².